The molecule has 4 unspecified atom stereocenters. The van der Waals surface area contributed by atoms with Crippen molar-refractivity contribution in [3.8, 4) is 11.4 Å². The van der Waals surface area contributed by atoms with Crippen molar-refractivity contribution in [3.05, 3.63) is 24.4 Å². The van der Waals surface area contributed by atoms with Gasteiger partial charge in [-0.15, -0.1) is 5.10 Å². The summed E-state index contributed by atoms with van der Waals surface area (Å²) in [7, 11) is 4.84. The number of cyclic esters (lactones) is 1. The average Bonchev–Trinajstić information content (AvgIpc) is 3.82. The highest BCUT2D eigenvalue weighted by Gasteiger charge is 2.61. The monoisotopic (exact) mass is 903 g/mol. The summed E-state index contributed by atoms with van der Waals surface area (Å²) in [6.07, 6.45) is -4.02. The fraction of sp³-hybridized carbons (Fsp3) is 0.727. The maximum Gasteiger partial charge on any atom is 0.410 e. The van der Waals surface area contributed by atoms with Gasteiger partial charge < -0.3 is 49.1 Å². The van der Waals surface area contributed by atoms with Crippen molar-refractivity contribution >= 4 is 35.4 Å². The lowest BCUT2D eigenvalue weighted by atomic mass is 9.73. The number of rotatable bonds is 13. The minimum atomic E-state index is -3.26. The number of hydrogen-bond acceptors (Lipinski definition) is 17. The summed E-state index contributed by atoms with van der Waals surface area (Å²) in [6.45, 7) is 12.1. The Balaban J connectivity index is 1.46. The third-order valence-electron chi connectivity index (χ3n) is 13.2. The lowest BCUT2D eigenvalue weighted by Gasteiger charge is -2.47. The Kier molecular flexibility index (Phi) is 15.9. The molecular formula is C44H66FN7O12. The van der Waals surface area contributed by atoms with Crippen molar-refractivity contribution in [3.63, 3.8) is 0 Å². The van der Waals surface area contributed by atoms with E-state index in [9.17, 15) is 29.1 Å². The molecule has 0 bridgehead atoms. The number of aryl methyl sites for hydroxylation is 1. The van der Waals surface area contributed by atoms with E-state index in [-0.39, 0.29) is 38.2 Å². The van der Waals surface area contributed by atoms with Crippen LogP contribution in [0.1, 0.15) is 87.5 Å². The number of aromatic nitrogens is 4. The van der Waals surface area contributed by atoms with Crippen molar-refractivity contribution < 1.29 is 61.9 Å². The number of halogens is 1. The molecule has 3 saturated heterocycles. The minimum Gasteiger partial charge on any atom is -0.463 e. The van der Waals surface area contributed by atoms with Gasteiger partial charge in [0.1, 0.15) is 36.1 Å². The van der Waals surface area contributed by atoms with E-state index in [1.54, 1.807) is 82.7 Å². The summed E-state index contributed by atoms with van der Waals surface area (Å²) >= 11 is 0. The van der Waals surface area contributed by atoms with E-state index in [2.05, 4.69) is 15.3 Å². The first-order valence-corrected chi connectivity index (χ1v) is 21.9. The SMILES string of the molecule is CC[C@H]1OC(=O)[C@@](C)(F)C(=O)[C@H](C)[C@@H](OC2OC(COC(C)=O)CC(N(C)C)C2O)[C@@](C)(OC)C[C@@H](C)C(=O)[C@H](C)[C@H]2N(CCCCn3cc(-c4cccc(N)n4)nn3)C(=O)O[C@]12C. The number of fused-ring (bicyclic) bond motifs is 1. The number of carbonyl (C=O) groups excluding carboxylic acids is 5. The zero-order valence-electron chi connectivity index (χ0n) is 38.8. The summed E-state index contributed by atoms with van der Waals surface area (Å²) in [5.41, 5.74) is 0.482. The molecule has 3 aliphatic heterocycles. The van der Waals surface area contributed by atoms with Gasteiger partial charge in [-0.05, 0) is 79.1 Å². The van der Waals surface area contributed by atoms with Gasteiger partial charge in [-0.1, -0.05) is 39.0 Å². The third kappa shape index (κ3) is 10.6. The second-order valence-corrected chi connectivity index (χ2v) is 18.2. The van der Waals surface area contributed by atoms with Gasteiger partial charge in [0.2, 0.25) is 0 Å². The Hall–Kier alpha value is -4.63. The van der Waals surface area contributed by atoms with E-state index in [4.69, 9.17) is 34.2 Å². The number of aliphatic hydroxyl groups excluding tert-OH is 1. The lowest BCUT2D eigenvalue weighted by Crippen LogP contribution is -2.62. The van der Waals surface area contributed by atoms with Crippen LogP contribution >= 0.6 is 0 Å². The van der Waals surface area contributed by atoms with E-state index in [1.807, 2.05) is 0 Å². The molecule has 0 aliphatic carbocycles. The average molecular weight is 904 g/mol. The van der Waals surface area contributed by atoms with Gasteiger partial charge in [0.15, 0.2) is 17.7 Å². The van der Waals surface area contributed by atoms with Crippen molar-refractivity contribution in [2.45, 2.75) is 154 Å². The zero-order chi connectivity index (χ0) is 47.5. The largest absolute Gasteiger partial charge is 0.463 e. The van der Waals surface area contributed by atoms with Crippen molar-refractivity contribution in [2.75, 3.05) is 40.1 Å². The van der Waals surface area contributed by atoms with E-state index >= 15 is 4.39 Å². The van der Waals surface area contributed by atoms with Crippen LogP contribution in [0.15, 0.2) is 24.4 Å². The fourth-order valence-corrected chi connectivity index (χ4v) is 9.60. The summed E-state index contributed by atoms with van der Waals surface area (Å²) < 4.78 is 54.6. The minimum absolute atomic E-state index is 0.0403. The number of alkyl halides is 1. The maximum absolute atomic E-state index is 17.0. The third-order valence-corrected chi connectivity index (χ3v) is 13.2. The highest BCUT2D eigenvalue weighted by atomic mass is 19.1. The molecule has 13 atom stereocenters. The number of amides is 1. The van der Waals surface area contributed by atoms with E-state index in [1.165, 1.54) is 25.9 Å². The fourth-order valence-electron chi connectivity index (χ4n) is 9.60. The molecule has 0 spiro atoms. The number of methoxy groups -OCH3 is 1. The predicted octanol–water partition coefficient (Wildman–Crippen LogP) is 3.54. The summed E-state index contributed by atoms with van der Waals surface area (Å²) in [5, 5.41) is 20.0. The first kappa shape index (κ1) is 50.4. The summed E-state index contributed by atoms with van der Waals surface area (Å²) in [4.78, 5) is 76.3. The normalized spacial score (nSPS) is 35.4. The number of hydrogen-bond donors (Lipinski definition) is 2. The molecule has 3 fully saturated rings. The van der Waals surface area contributed by atoms with E-state index in [0.29, 0.717) is 36.6 Å². The number of unbranched alkanes of at least 4 members (excludes halogenated alkanes) is 1. The molecule has 5 heterocycles. The molecule has 0 saturated carbocycles. The van der Waals surface area contributed by atoms with E-state index in [0.717, 1.165) is 6.92 Å². The van der Waals surface area contributed by atoms with Crippen LogP contribution < -0.4 is 5.73 Å². The molecule has 19 nitrogen and oxygen atoms in total. The van der Waals surface area contributed by atoms with Gasteiger partial charge in [0.25, 0.3) is 5.67 Å². The number of nitrogens with two attached hydrogens (primary N) is 1. The number of pyridine rings is 1. The first-order valence-electron chi connectivity index (χ1n) is 21.9. The highest BCUT2D eigenvalue weighted by molar-refractivity contribution is 6.08. The number of ether oxygens (including phenoxy) is 6. The molecule has 5 rings (SSSR count). The second kappa shape index (κ2) is 20.3. The van der Waals surface area contributed by atoms with Crippen LogP contribution in [-0.2, 0) is 54.1 Å². The van der Waals surface area contributed by atoms with Crippen LogP contribution in [0.5, 0.6) is 0 Å². The Morgan fingerprint density at radius 1 is 1.06 bits per heavy atom. The molecule has 64 heavy (non-hydrogen) atoms. The number of nitrogens with zero attached hydrogens (tertiary/aromatic N) is 6. The second-order valence-electron chi connectivity index (χ2n) is 18.2. The van der Waals surface area contributed by atoms with Gasteiger partial charge >= 0.3 is 18.0 Å². The Bertz CT molecular complexity index is 2000. The Morgan fingerprint density at radius 3 is 2.38 bits per heavy atom. The molecule has 3 N–H and O–H groups in total. The number of anilines is 1. The molecule has 2 aromatic heterocycles. The van der Waals surface area contributed by atoms with Crippen molar-refractivity contribution in [1.29, 1.82) is 0 Å². The van der Waals surface area contributed by atoms with Gasteiger partial charge in [-0.3, -0.25) is 19.1 Å². The standard InChI is InChI=1S/C44H66FN7O12/c1-12-32-44(8)36(52(41(58)64-44)19-14-13-18-51-22-30(48-49-51)29-16-15-17-33(46)47-29)25(3)34(54)24(2)21-42(6,59-11)38(26(4)37(56)43(7,45)40(57)62-32)63-39-35(55)31(50(9)10)20-28(61-39)23-60-27(5)53/h15-17,22,24-26,28,31-32,35-36,38-39,55H,12-14,18-21,23H2,1-11H3,(H2,46,47)/t24-,25+,26+,28?,31?,32-,35?,36-,38-,39?,42+,43+,44-/m1/s1. The van der Waals surface area contributed by atoms with Crippen LogP contribution in [0, 0.1) is 17.8 Å². The van der Waals surface area contributed by atoms with Crippen LogP contribution in [0.3, 0.4) is 0 Å². The molecule has 0 radical (unpaired) electrons. The number of carbonyl (C=O) groups is 5. The number of ketones is 2. The molecule has 0 aromatic carbocycles. The Labute approximate surface area is 373 Å². The van der Waals surface area contributed by atoms with Crippen molar-refractivity contribution in [1.82, 2.24) is 29.8 Å². The summed E-state index contributed by atoms with van der Waals surface area (Å²) in [6, 6.07) is 3.66. The number of likely N-dealkylation sites (N-methyl/N-ethyl adjacent to an activating group) is 1. The number of esters is 2. The van der Waals surface area contributed by atoms with Gasteiger partial charge in [-0.25, -0.2) is 19.0 Å². The molecule has 20 heteroatoms. The Morgan fingerprint density at radius 2 is 1.75 bits per heavy atom. The van der Waals surface area contributed by atoms with Crippen LogP contribution in [-0.4, -0.2) is 158 Å². The van der Waals surface area contributed by atoms with E-state index < -0.39 is 101 Å². The van der Waals surface area contributed by atoms with Gasteiger partial charge in [-0.2, -0.15) is 0 Å². The highest BCUT2D eigenvalue weighted by Crippen LogP contribution is 2.44. The number of nitrogen functional groups attached to an aromatic ring is 1. The topological polar surface area (TPSA) is 237 Å². The molecular weight excluding hydrogens is 838 g/mol. The van der Waals surface area contributed by atoms with Crippen LogP contribution in [0.25, 0.3) is 11.4 Å². The predicted molar refractivity (Wildman–Crippen MR) is 228 cm³/mol. The maximum atomic E-state index is 17.0. The van der Waals surface area contributed by atoms with Gasteiger partial charge in [0.05, 0.1) is 35.7 Å². The molecule has 3 aliphatic rings. The molecule has 356 valence electrons. The van der Waals surface area contributed by atoms with Gasteiger partial charge in [0, 0.05) is 50.9 Å². The summed E-state index contributed by atoms with van der Waals surface area (Å²) in [5.74, 6) is -6.42. The zero-order valence-corrected chi connectivity index (χ0v) is 38.8. The van der Waals surface area contributed by atoms with Crippen LogP contribution in [0.2, 0.25) is 0 Å². The quantitative estimate of drug-likeness (QED) is 0.127. The lowest BCUT2D eigenvalue weighted by molar-refractivity contribution is -0.301. The smallest absolute Gasteiger partial charge is 0.410 e. The first-order chi connectivity index (χ1) is 30.0. The molecule has 2 aromatic rings. The molecule has 1 amide bonds. The van der Waals surface area contributed by atoms with Crippen LogP contribution in [0.4, 0.5) is 15.0 Å². The number of Topliss-reactive ketones (excluding diaryl/α,β-unsaturated/α-hetero) is 2. The number of aliphatic hydroxyl groups is 1. The van der Waals surface area contributed by atoms with Crippen molar-refractivity contribution in [2.24, 2.45) is 17.8 Å².